The molecule has 0 heterocycles. The summed E-state index contributed by atoms with van der Waals surface area (Å²) in [5.41, 5.74) is 0. The standard InChI is InChI=1S/C8H10Cl2N2O4S2/c1-11-17(13,14)7-4-8(18(15,16)12-2)6(10)3-5(7)9/h3-4,11-12H,1-2H3. The second-order valence-corrected chi connectivity index (χ2v) is 7.65. The molecule has 0 aromatic heterocycles. The minimum absolute atomic E-state index is 0.163. The average molecular weight is 333 g/mol. The molecule has 18 heavy (non-hydrogen) atoms. The molecule has 0 aliphatic rings. The minimum atomic E-state index is -3.87. The lowest BCUT2D eigenvalue weighted by Crippen LogP contribution is -2.22. The van der Waals surface area contributed by atoms with E-state index in [4.69, 9.17) is 23.2 Å². The zero-order valence-corrected chi connectivity index (χ0v) is 12.5. The van der Waals surface area contributed by atoms with Gasteiger partial charge in [-0.05, 0) is 26.2 Å². The maximum absolute atomic E-state index is 11.6. The largest absolute Gasteiger partial charge is 0.241 e. The van der Waals surface area contributed by atoms with Gasteiger partial charge in [0.1, 0.15) is 9.79 Å². The molecule has 0 saturated heterocycles. The molecule has 10 heteroatoms. The fourth-order valence-corrected chi connectivity index (χ4v) is 3.83. The lowest BCUT2D eigenvalue weighted by molar-refractivity contribution is 0.586. The summed E-state index contributed by atoms with van der Waals surface area (Å²) in [5, 5.41) is -0.325. The van der Waals surface area contributed by atoms with Crippen LogP contribution in [0, 0.1) is 0 Å². The fourth-order valence-electron chi connectivity index (χ4n) is 1.14. The van der Waals surface area contributed by atoms with Crippen LogP contribution in [0.3, 0.4) is 0 Å². The Kier molecular flexibility index (Phi) is 4.63. The number of rotatable bonds is 4. The fraction of sp³-hybridized carbons (Fsp3) is 0.250. The first kappa shape index (κ1) is 15.7. The number of nitrogens with one attached hydrogen (secondary N) is 2. The predicted octanol–water partition coefficient (Wildman–Crippen LogP) is 0.810. The van der Waals surface area contributed by atoms with Crippen LogP contribution >= 0.6 is 23.2 Å². The molecule has 0 aliphatic heterocycles. The highest BCUT2D eigenvalue weighted by Crippen LogP contribution is 2.30. The Morgan fingerprint density at radius 2 is 1.17 bits per heavy atom. The molecule has 1 aromatic rings. The number of hydrogen-bond acceptors (Lipinski definition) is 4. The van der Waals surface area contributed by atoms with Crippen molar-refractivity contribution >= 4 is 43.2 Å². The highest BCUT2D eigenvalue weighted by atomic mass is 35.5. The molecule has 102 valence electrons. The van der Waals surface area contributed by atoms with E-state index >= 15 is 0 Å². The first-order valence-electron chi connectivity index (χ1n) is 4.52. The van der Waals surface area contributed by atoms with Crippen LogP contribution in [0.1, 0.15) is 0 Å². The molecular weight excluding hydrogens is 323 g/mol. The van der Waals surface area contributed by atoms with Crippen LogP contribution in [0.2, 0.25) is 10.0 Å². The molecule has 0 fully saturated rings. The summed E-state index contributed by atoms with van der Waals surface area (Å²) >= 11 is 11.5. The third-order valence-electron chi connectivity index (χ3n) is 2.10. The summed E-state index contributed by atoms with van der Waals surface area (Å²) in [6, 6.07) is 1.97. The van der Waals surface area contributed by atoms with E-state index in [-0.39, 0.29) is 19.8 Å². The normalized spacial score (nSPS) is 12.7. The van der Waals surface area contributed by atoms with Crippen molar-refractivity contribution in [3.63, 3.8) is 0 Å². The van der Waals surface area contributed by atoms with Gasteiger partial charge in [-0.15, -0.1) is 0 Å². The van der Waals surface area contributed by atoms with Crippen molar-refractivity contribution in [1.29, 1.82) is 0 Å². The Morgan fingerprint density at radius 3 is 1.44 bits per heavy atom. The van der Waals surface area contributed by atoms with Crippen molar-refractivity contribution in [2.75, 3.05) is 14.1 Å². The Hall–Kier alpha value is -0.380. The monoisotopic (exact) mass is 332 g/mol. The SMILES string of the molecule is CNS(=O)(=O)c1cc(S(=O)(=O)NC)c(Cl)cc1Cl. The quantitative estimate of drug-likeness (QED) is 0.853. The number of hydrogen-bond donors (Lipinski definition) is 2. The molecule has 0 radical (unpaired) electrons. The number of halogens is 2. The third-order valence-corrected chi connectivity index (χ3v) is 5.86. The van der Waals surface area contributed by atoms with Crippen molar-refractivity contribution in [2.45, 2.75) is 9.79 Å². The predicted molar refractivity (Wildman–Crippen MR) is 69.0 cm³/mol. The highest BCUT2D eigenvalue weighted by molar-refractivity contribution is 7.90. The first-order valence-corrected chi connectivity index (χ1v) is 8.24. The Balaban J connectivity index is 3.66. The molecule has 0 spiro atoms. The lowest BCUT2D eigenvalue weighted by Gasteiger charge is -2.10. The maximum atomic E-state index is 11.6. The zero-order valence-electron chi connectivity index (χ0n) is 9.36. The summed E-state index contributed by atoms with van der Waals surface area (Å²) in [5.74, 6) is 0. The molecule has 0 saturated carbocycles. The van der Waals surface area contributed by atoms with Crippen molar-refractivity contribution in [1.82, 2.24) is 9.44 Å². The molecule has 0 bridgehead atoms. The van der Waals surface area contributed by atoms with Gasteiger partial charge in [-0.25, -0.2) is 26.3 Å². The highest BCUT2D eigenvalue weighted by Gasteiger charge is 2.23. The van der Waals surface area contributed by atoms with Crippen LogP contribution in [0.25, 0.3) is 0 Å². The van der Waals surface area contributed by atoms with E-state index in [0.717, 1.165) is 12.1 Å². The van der Waals surface area contributed by atoms with Crippen molar-refractivity contribution in [2.24, 2.45) is 0 Å². The molecule has 0 aliphatic carbocycles. The van der Waals surface area contributed by atoms with Crippen molar-refractivity contribution in [3.8, 4) is 0 Å². The third kappa shape index (κ3) is 2.95. The van der Waals surface area contributed by atoms with Gasteiger partial charge >= 0.3 is 0 Å². The summed E-state index contributed by atoms with van der Waals surface area (Å²) in [6.07, 6.45) is 0. The van der Waals surface area contributed by atoms with E-state index in [0.29, 0.717) is 0 Å². The van der Waals surface area contributed by atoms with Gasteiger partial charge in [-0.3, -0.25) is 0 Å². The van der Waals surface area contributed by atoms with Gasteiger partial charge in [-0.2, -0.15) is 0 Å². The molecule has 0 atom stereocenters. The maximum Gasteiger partial charge on any atom is 0.241 e. The molecule has 1 aromatic carbocycles. The van der Waals surface area contributed by atoms with Gasteiger partial charge in [0.2, 0.25) is 20.0 Å². The smallest absolute Gasteiger partial charge is 0.214 e. The zero-order chi connectivity index (χ0) is 14.1. The van der Waals surface area contributed by atoms with Crippen LogP contribution in [0.5, 0.6) is 0 Å². The van der Waals surface area contributed by atoms with E-state index in [1.165, 1.54) is 14.1 Å². The molecule has 0 unspecified atom stereocenters. The summed E-state index contributed by atoms with van der Waals surface area (Å²) in [6.45, 7) is 0. The van der Waals surface area contributed by atoms with Gasteiger partial charge < -0.3 is 0 Å². The van der Waals surface area contributed by atoms with Crippen LogP contribution < -0.4 is 9.44 Å². The number of benzene rings is 1. The first-order chi connectivity index (χ1) is 8.15. The summed E-state index contributed by atoms with van der Waals surface area (Å²) < 4.78 is 50.7. The van der Waals surface area contributed by atoms with E-state index in [1.807, 2.05) is 9.44 Å². The van der Waals surface area contributed by atoms with Gasteiger partial charge in [0.15, 0.2) is 0 Å². The lowest BCUT2D eigenvalue weighted by atomic mass is 10.3. The van der Waals surface area contributed by atoms with Crippen molar-refractivity contribution < 1.29 is 16.8 Å². The van der Waals surface area contributed by atoms with Crippen LogP contribution in [-0.2, 0) is 20.0 Å². The van der Waals surface area contributed by atoms with Crippen molar-refractivity contribution in [3.05, 3.63) is 22.2 Å². The Labute approximate surface area is 115 Å². The van der Waals surface area contributed by atoms with E-state index in [1.54, 1.807) is 0 Å². The Morgan fingerprint density at radius 1 is 0.833 bits per heavy atom. The molecule has 2 N–H and O–H groups in total. The molecule has 0 amide bonds. The summed E-state index contributed by atoms with van der Waals surface area (Å²) in [7, 11) is -5.36. The molecule has 6 nitrogen and oxygen atoms in total. The van der Waals surface area contributed by atoms with Gasteiger partial charge in [0.25, 0.3) is 0 Å². The summed E-state index contributed by atoms with van der Waals surface area (Å²) in [4.78, 5) is -0.713. The van der Waals surface area contributed by atoms with Gasteiger partial charge in [0, 0.05) is 0 Å². The second-order valence-electron chi connectivity index (χ2n) is 3.13. The van der Waals surface area contributed by atoms with Gasteiger partial charge in [-0.1, -0.05) is 23.2 Å². The van der Waals surface area contributed by atoms with E-state index < -0.39 is 20.0 Å². The Bertz CT molecular complexity index is 615. The van der Waals surface area contributed by atoms with Crippen LogP contribution in [0.4, 0.5) is 0 Å². The second kappa shape index (κ2) is 5.32. The number of sulfonamides is 2. The topological polar surface area (TPSA) is 92.3 Å². The average Bonchev–Trinajstić information content (AvgIpc) is 2.28. The molecule has 1 rings (SSSR count). The van der Waals surface area contributed by atoms with Crippen LogP contribution in [-0.4, -0.2) is 30.9 Å². The van der Waals surface area contributed by atoms with Gasteiger partial charge in [0.05, 0.1) is 10.0 Å². The van der Waals surface area contributed by atoms with Crippen LogP contribution in [0.15, 0.2) is 21.9 Å². The minimum Gasteiger partial charge on any atom is -0.214 e. The van der Waals surface area contributed by atoms with E-state index in [2.05, 4.69) is 0 Å². The molecular formula is C8H10Cl2N2O4S2. The van der Waals surface area contributed by atoms with E-state index in [9.17, 15) is 16.8 Å².